The van der Waals surface area contributed by atoms with Crippen LogP contribution in [0.1, 0.15) is 44.2 Å². The van der Waals surface area contributed by atoms with Gasteiger partial charge in [0.25, 0.3) is 0 Å². The number of ether oxygens (including phenoxy) is 2. The van der Waals surface area contributed by atoms with Crippen LogP contribution in [0.2, 0.25) is 20.1 Å². The molecule has 0 bridgehead atoms. The van der Waals surface area contributed by atoms with Gasteiger partial charge in [-0.05, 0) is 54.7 Å². The van der Waals surface area contributed by atoms with Gasteiger partial charge in [0.05, 0.1) is 33.3 Å². The molecule has 0 amide bonds. The molecule has 0 N–H and O–H groups in total. The molecule has 0 heterocycles. The number of rotatable bonds is 11. The van der Waals surface area contributed by atoms with Crippen LogP contribution < -0.4 is 9.47 Å². The molecule has 2 aromatic carbocycles. The summed E-state index contributed by atoms with van der Waals surface area (Å²) < 4.78 is 11.4. The Labute approximate surface area is 199 Å². The Morgan fingerprint density at radius 1 is 0.767 bits per heavy atom. The van der Waals surface area contributed by atoms with E-state index in [1.54, 1.807) is 12.2 Å². The second-order valence-corrected chi connectivity index (χ2v) is 8.70. The highest BCUT2D eigenvalue weighted by Crippen LogP contribution is 2.45. The van der Waals surface area contributed by atoms with Gasteiger partial charge in [0, 0.05) is 5.41 Å². The first-order chi connectivity index (χ1) is 14.3. The molecule has 0 fully saturated rings. The molecule has 162 valence electrons. The minimum absolute atomic E-state index is 0.417. The maximum absolute atomic E-state index is 6.51. The Bertz CT molecular complexity index is 793. The van der Waals surface area contributed by atoms with E-state index in [2.05, 4.69) is 27.0 Å². The van der Waals surface area contributed by atoms with E-state index in [0.29, 0.717) is 57.6 Å². The van der Waals surface area contributed by atoms with E-state index < -0.39 is 5.41 Å². The normalized spacial score (nSPS) is 11.3. The molecule has 0 radical (unpaired) electrons. The Kier molecular flexibility index (Phi) is 9.43. The summed E-state index contributed by atoms with van der Waals surface area (Å²) in [6.07, 6.45) is 5.75. The lowest BCUT2D eigenvalue weighted by Gasteiger charge is -2.31. The fraction of sp³-hybridized carbons (Fsp3) is 0.333. The average Bonchev–Trinajstić information content (AvgIpc) is 2.71. The maximum atomic E-state index is 6.51. The summed E-state index contributed by atoms with van der Waals surface area (Å²) in [4.78, 5) is 0. The van der Waals surface area contributed by atoms with Gasteiger partial charge in [-0.1, -0.05) is 72.4 Å². The fourth-order valence-electron chi connectivity index (χ4n) is 3.10. The summed E-state index contributed by atoms with van der Waals surface area (Å²) >= 11 is 26.0. The van der Waals surface area contributed by atoms with E-state index in [1.807, 2.05) is 24.3 Å². The first kappa shape index (κ1) is 24.9. The summed E-state index contributed by atoms with van der Waals surface area (Å²) in [5.74, 6) is 0.953. The van der Waals surface area contributed by atoms with E-state index in [1.165, 1.54) is 0 Å². The summed E-state index contributed by atoms with van der Waals surface area (Å²) in [7, 11) is 0. The van der Waals surface area contributed by atoms with Crippen LogP contribution in [-0.2, 0) is 5.41 Å². The molecule has 0 saturated carbocycles. The first-order valence-corrected chi connectivity index (χ1v) is 11.3. The Balaban J connectivity index is 2.44. The third-order valence-electron chi connectivity index (χ3n) is 5.11. The van der Waals surface area contributed by atoms with E-state index in [0.717, 1.165) is 17.5 Å². The largest absolute Gasteiger partial charge is 0.490 e. The van der Waals surface area contributed by atoms with Gasteiger partial charge >= 0.3 is 0 Å². The van der Waals surface area contributed by atoms with E-state index in [9.17, 15) is 0 Å². The molecule has 0 unspecified atom stereocenters. The summed E-state index contributed by atoms with van der Waals surface area (Å²) in [5, 5.41) is 1.84. The van der Waals surface area contributed by atoms with Crippen LogP contribution in [0, 0.1) is 0 Å². The van der Waals surface area contributed by atoms with Gasteiger partial charge in [-0.2, -0.15) is 0 Å². The minimum Gasteiger partial charge on any atom is -0.490 e. The van der Waals surface area contributed by atoms with Gasteiger partial charge in [-0.25, -0.2) is 0 Å². The van der Waals surface area contributed by atoms with Crippen molar-refractivity contribution < 1.29 is 9.47 Å². The Hall–Kier alpha value is -1.32. The van der Waals surface area contributed by atoms with E-state index >= 15 is 0 Å². The van der Waals surface area contributed by atoms with Crippen LogP contribution >= 0.6 is 46.4 Å². The zero-order valence-corrected chi connectivity index (χ0v) is 20.3. The SMILES string of the molecule is C=CCCOc1c(Cl)cc(C(C)(CC)c2cc(Cl)c(OCCC=C)c(Cl)c2)cc1Cl. The van der Waals surface area contributed by atoms with Crippen molar-refractivity contribution in [1.82, 2.24) is 0 Å². The first-order valence-electron chi connectivity index (χ1n) is 9.74. The number of halogens is 4. The Morgan fingerprint density at radius 2 is 1.10 bits per heavy atom. The summed E-state index contributed by atoms with van der Waals surface area (Å²) in [6, 6.07) is 7.54. The van der Waals surface area contributed by atoms with Crippen LogP contribution in [-0.4, -0.2) is 13.2 Å². The van der Waals surface area contributed by atoms with Gasteiger partial charge in [0.1, 0.15) is 0 Å². The summed E-state index contributed by atoms with van der Waals surface area (Å²) in [6.45, 7) is 12.5. The zero-order chi connectivity index (χ0) is 22.3. The molecule has 2 nitrogen and oxygen atoms in total. The van der Waals surface area contributed by atoms with Crippen molar-refractivity contribution in [1.29, 1.82) is 0 Å². The lowest BCUT2D eigenvalue weighted by atomic mass is 9.74. The molecular weight excluding hydrogens is 462 g/mol. The molecule has 2 aromatic rings. The molecule has 0 aromatic heterocycles. The van der Waals surface area contributed by atoms with Crippen LogP contribution in [0.25, 0.3) is 0 Å². The van der Waals surface area contributed by atoms with Crippen molar-refractivity contribution in [3.8, 4) is 11.5 Å². The number of benzene rings is 2. The van der Waals surface area contributed by atoms with E-state index in [4.69, 9.17) is 55.9 Å². The molecule has 0 aliphatic heterocycles. The highest BCUT2D eigenvalue weighted by atomic mass is 35.5. The highest BCUT2D eigenvalue weighted by Gasteiger charge is 2.30. The molecule has 30 heavy (non-hydrogen) atoms. The standard InChI is InChI=1S/C24H26Cl4O2/c1-5-8-10-29-22-18(25)12-16(13-19(22)26)24(4,7-3)17-14-20(27)23(21(28)15-17)30-11-9-6-2/h5-6,12-15H,1-2,7-11H2,3-4H3. The zero-order valence-electron chi connectivity index (χ0n) is 17.2. The molecular formula is C24H26Cl4O2. The molecule has 0 aliphatic rings. The lowest BCUT2D eigenvalue weighted by molar-refractivity contribution is 0.325. The van der Waals surface area contributed by atoms with Crippen LogP contribution in [0.5, 0.6) is 11.5 Å². The van der Waals surface area contributed by atoms with Crippen molar-refractivity contribution >= 4 is 46.4 Å². The number of hydrogen-bond donors (Lipinski definition) is 0. The van der Waals surface area contributed by atoms with Gasteiger partial charge in [0.2, 0.25) is 0 Å². The number of hydrogen-bond acceptors (Lipinski definition) is 2. The predicted molar refractivity (Wildman–Crippen MR) is 130 cm³/mol. The topological polar surface area (TPSA) is 18.5 Å². The minimum atomic E-state index is -0.417. The van der Waals surface area contributed by atoms with Crippen molar-refractivity contribution in [3.05, 3.63) is 80.8 Å². The van der Waals surface area contributed by atoms with Crippen LogP contribution in [0.3, 0.4) is 0 Å². The summed E-state index contributed by atoms with van der Waals surface area (Å²) in [5.41, 5.74) is 1.48. The molecule has 0 aliphatic carbocycles. The van der Waals surface area contributed by atoms with Crippen LogP contribution in [0.15, 0.2) is 49.6 Å². The van der Waals surface area contributed by atoms with Gasteiger partial charge in [0.15, 0.2) is 11.5 Å². The molecule has 0 spiro atoms. The fourth-order valence-corrected chi connectivity index (χ4v) is 4.29. The second kappa shape index (κ2) is 11.3. The van der Waals surface area contributed by atoms with Gasteiger partial charge < -0.3 is 9.47 Å². The predicted octanol–water partition coefficient (Wildman–Crippen LogP) is 8.93. The molecule has 0 saturated heterocycles. The smallest absolute Gasteiger partial charge is 0.156 e. The Morgan fingerprint density at radius 3 is 1.37 bits per heavy atom. The average molecular weight is 488 g/mol. The van der Waals surface area contributed by atoms with Gasteiger partial charge in [-0.15, -0.1) is 13.2 Å². The van der Waals surface area contributed by atoms with E-state index in [-0.39, 0.29) is 0 Å². The highest BCUT2D eigenvalue weighted by molar-refractivity contribution is 6.38. The molecule has 0 atom stereocenters. The third-order valence-corrected chi connectivity index (χ3v) is 6.24. The van der Waals surface area contributed by atoms with Gasteiger partial charge in [-0.3, -0.25) is 0 Å². The lowest BCUT2D eigenvalue weighted by Crippen LogP contribution is -2.23. The second-order valence-electron chi connectivity index (χ2n) is 7.08. The van der Waals surface area contributed by atoms with Crippen LogP contribution in [0.4, 0.5) is 0 Å². The van der Waals surface area contributed by atoms with Crippen molar-refractivity contribution in [2.24, 2.45) is 0 Å². The van der Waals surface area contributed by atoms with Crippen molar-refractivity contribution in [2.75, 3.05) is 13.2 Å². The maximum Gasteiger partial charge on any atom is 0.156 e. The molecule has 6 heteroatoms. The van der Waals surface area contributed by atoms with Crippen molar-refractivity contribution in [2.45, 2.75) is 38.5 Å². The van der Waals surface area contributed by atoms with Crippen molar-refractivity contribution in [3.63, 3.8) is 0 Å². The monoisotopic (exact) mass is 486 g/mol. The third kappa shape index (κ3) is 5.68. The molecule has 2 rings (SSSR count). The quantitative estimate of drug-likeness (QED) is 0.232.